The normalized spacial score (nSPS) is 10.6. The van der Waals surface area contributed by atoms with Gasteiger partial charge in [0.15, 0.2) is 0 Å². The molecule has 0 radical (unpaired) electrons. The van der Waals surface area contributed by atoms with Gasteiger partial charge in [-0.2, -0.15) is 0 Å². The van der Waals surface area contributed by atoms with Gasteiger partial charge < -0.3 is 14.9 Å². The number of carbonyl (C=O) groups is 1. The molecular formula is C14H14O4. The van der Waals surface area contributed by atoms with Crippen LogP contribution in [0.3, 0.4) is 0 Å². The number of rotatable bonds is 2. The highest BCUT2D eigenvalue weighted by atomic mass is 16.5. The molecule has 0 aromatic heterocycles. The fourth-order valence-corrected chi connectivity index (χ4v) is 1.87. The number of phenols is 2. The van der Waals surface area contributed by atoms with E-state index in [-0.39, 0.29) is 23.7 Å². The molecule has 2 N–H and O–H groups in total. The van der Waals surface area contributed by atoms with Crippen molar-refractivity contribution in [2.45, 2.75) is 13.8 Å². The van der Waals surface area contributed by atoms with E-state index in [1.165, 1.54) is 6.07 Å². The highest BCUT2D eigenvalue weighted by Gasteiger charge is 2.17. The van der Waals surface area contributed by atoms with Crippen molar-refractivity contribution in [3.63, 3.8) is 0 Å². The SMILES string of the molecule is CCOC(=O)c1cc(O)c2cc(C)ccc2c1O. The van der Waals surface area contributed by atoms with Gasteiger partial charge in [0.25, 0.3) is 0 Å². The number of phenolic OH excluding ortho intramolecular Hbond substituents is 2. The van der Waals surface area contributed by atoms with E-state index in [1.807, 2.05) is 6.92 Å². The predicted octanol–water partition coefficient (Wildman–Crippen LogP) is 2.74. The minimum absolute atomic E-state index is 0.0225. The van der Waals surface area contributed by atoms with Crippen LogP contribution in [0.4, 0.5) is 0 Å². The lowest BCUT2D eigenvalue weighted by Crippen LogP contribution is -2.05. The molecule has 0 amide bonds. The topological polar surface area (TPSA) is 66.8 Å². The molecule has 2 aromatic rings. The third kappa shape index (κ3) is 1.97. The number of hydrogen-bond donors (Lipinski definition) is 2. The zero-order valence-electron chi connectivity index (χ0n) is 10.2. The molecule has 0 spiro atoms. The molecule has 0 saturated heterocycles. The van der Waals surface area contributed by atoms with Crippen LogP contribution in [0, 0.1) is 6.92 Å². The van der Waals surface area contributed by atoms with Gasteiger partial charge in [0, 0.05) is 10.8 Å². The van der Waals surface area contributed by atoms with Crippen molar-refractivity contribution in [1.29, 1.82) is 0 Å². The number of aromatic hydroxyl groups is 2. The lowest BCUT2D eigenvalue weighted by Gasteiger charge is -2.09. The van der Waals surface area contributed by atoms with Gasteiger partial charge in [0.2, 0.25) is 0 Å². The maximum atomic E-state index is 11.6. The molecule has 0 atom stereocenters. The Kier molecular flexibility index (Phi) is 3.10. The first-order chi connectivity index (χ1) is 8.54. The summed E-state index contributed by atoms with van der Waals surface area (Å²) in [6, 6.07) is 6.45. The van der Waals surface area contributed by atoms with Gasteiger partial charge in [-0.05, 0) is 26.0 Å². The van der Waals surface area contributed by atoms with Crippen LogP contribution in [-0.4, -0.2) is 22.8 Å². The van der Waals surface area contributed by atoms with Gasteiger partial charge in [0.1, 0.15) is 17.1 Å². The Morgan fingerprint density at radius 3 is 2.61 bits per heavy atom. The van der Waals surface area contributed by atoms with Crippen LogP contribution in [0.5, 0.6) is 11.5 Å². The zero-order valence-corrected chi connectivity index (χ0v) is 10.2. The van der Waals surface area contributed by atoms with Crippen LogP contribution in [0.2, 0.25) is 0 Å². The molecule has 4 nitrogen and oxygen atoms in total. The van der Waals surface area contributed by atoms with Crippen molar-refractivity contribution >= 4 is 16.7 Å². The molecule has 2 rings (SSSR count). The van der Waals surface area contributed by atoms with Crippen LogP contribution >= 0.6 is 0 Å². The predicted molar refractivity (Wildman–Crippen MR) is 68.0 cm³/mol. The molecule has 0 aliphatic rings. The first-order valence-corrected chi connectivity index (χ1v) is 5.67. The molecule has 18 heavy (non-hydrogen) atoms. The lowest BCUT2D eigenvalue weighted by atomic mass is 10.0. The summed E-state index contributed by atoms with van der Waals surface area (Å²) in [7, 11) is 0. The molecule has 0 heterocycles. The molecule has 0 fully saturated rings. The zero-order chi connectivity index (χ0) is 13.3. The smallest absolute Gasteiger partial charge is 0.342 e. The summed E-state index contributed by atoms with van der Waals surface area (Å²) in [5.74, 6) is -0.858. The molecule has 4 heteroatoms. The molecule has 0 unspecified atom stereocenters. The van der Waals surface area contributed by atoms with Crippen molar-refractivity contribution < 1.29 is 19.7 Å². The van der Waals surface area contributed by atoms with Crippen molar-refractivity contribution in [2.75, 3.05) is 6.61 Å². The summed E-state index contributed by atoms with van der Waals surface area (Å²) in [6.07, 6.45) is 0. The number of esters is 1. The second kappa shape index (κ2) is 4.56. The fraction of sp³-hybridized carbons (Fsp3) is 0.214. The average molecular weight is 246 g/mol. The van der Waals surface area contributed by atoms with Gasteiger partial charge in [-0.1, -0.05) is 17.7 Å². The standard InChI is InChI=1S/C14H14O4/c1-3-18-14(17)11-7-12(15)10-6-8(2)4-5-9(10)13(11)16/h4-7,15-16H,3H2,1-2H3. The summed E-state index contributed by atoms with van der Waals surface area (Å²) < 4.78 is 4.83. The van der Waals surface area contributed by atoms with Gasteiger partial charge in [0.05, 0.1) is 6.61 Å². The average Bonchev–Trinajstić information content (AvgIpc) is 2.34. The van der Waals surface area contributed by atoms with E-state index in [9.17, 15) is 15.0 Å². The van der Waals surface area contributed by atoms with Gasteiger partial charge in [-0.15, -0.1) is 0 Å². The Labute approximate surface area is 104 Å². The first-order valence-electron chi connectivity index (χ1n) is 5.67. The first kappa shape index (κ1) is 12.2. The second-order valence-electron chi connectivity index (χ2n) is 4.06. The second-order valence-corrected chi connectivity index (χ2v) is 4.06. The number of fused-ring (bicyclic) bond motifs is 1. The number of carbonyl (C=O) groups excluding carboxylic acids is 1. The van der Waals surface area contributed by atoms with Crippen LogP contribution in [-0.2, 0) is 4.74 Å². The van der Waals surface area contributed by atoms with E-state index in [0.29, 0.717) is 10.8 Å². The summed E-state index contributed by atoms with van der Waals surface area (Å²) in [5.41, 5.74) is 0.937. The Bertz CT molecular complexity index is 617. The maximum Gasteiger partial charge on any atom is 0.342 e. The van der Waals surface area contributed by atoms with E-state index < -0.39 is 5.97 Å². The van der Waals surface area contributed by atoms with Gasteiger partial charge in [-0.25, -0.2) is 4.79 Å². The molecule has 0 aliphatic heterocycles. The van der Waals surface area contributed by atoms with Gasteiger partial charge in [-0.3, -0.25) is 0 Å². The summed E-state index contributed by atoms with van der Waals surface area (Å²) >= 11 is 0. The Morgan fingerprint density at radius 2 is 1.94 bits per heavy atom. The van der Waals surface area contributed by atoms with E-state index in [1.54, 1.807) is 25.1 Å². The van der Waals surface area contributed by atoms with Crippen molar-refractivity contribution in [3.8, 4) is 11.5 Å². The third-order valence-electron chi connectivity index (χ3n) is 2.74. The van der Waals surface area contributed by atoms with Gasteiger partial charge >= 0.3 is 5.97 Å². The molecule has 0 aliphatic carbocycles. The highest BCUT2D eigenvalue weighted by molar-refractivity contribution is 6.03. The quantitative estimate of drug-likeness (QED) is 0.631. The Hall–Kier alpha value is -2.23. The van der Waals surface area contributed by atoms with Crippen molar-refractivity contribution in [3.05, 3.63) is 35.4 Å². The monoisotopic (exact) mass is 246 g/mol. The van der Waals surface area contributed by atoms with Crippen LogP contribution in [0.1, 0.15) is 22.8 Å². The third-order valence-corrected chi connectivity index (χ3v) is 2.74. The van der Waals surface area contributed by atoms with E-state index in [4.69, 9.17) is 4.74 Å². The summed E-state index contributed by atoms with van der Waals surface area (Å²) in [6.45, 7) is 3.78. The van der Waals surface area contributed by atoms with Crippen LogP contribution in [0.15, 0.2) is 24.3 Å². The Morgan fingerprint density at radius 1 is 1.22 bits per heavy atom. The van der Waals surface area contributed by atoms with Crippen LogP contribution < -0.4 is 0 Å². The highest BCUT2D eigenvalue weighted by Crippen LogP contribution is 2.36. The summed E-state index contributed by atoms with van der Waals surface area (Å²) in [4.78, 5) is 11.6. The molecule has 94 valence electrons. The number of aryl methyl sites for hydroxylation is 1. The van der Waals surface area contributed by atoms with E-state index in [2.05, 4.69) is 0 Å². The molecular weight excluding hydrogens is 232 g/mol. The minimum Gasteiger partial charge on any atom is -0.507 e. The van der Waals surface area contributed by atoms with E-state index in [0.717, 1.165) is 5.56 Å². The molecule has 0 saturated carbocycles. The van der Waals surface area contributed by atoms with Crippen molar-refractivity contribution in [1.82, 2.24) is 0 Å². The largest absolute Gasteiger partial charge is 0.507 e. The molecule has 0 bridgehead atoms. The Balaban J connectivity index is 2.69. The minimum atomic E-state index is -0.646. The fourth-order valence-electron chi connectivity index (χ4n) is 1.87. The van der Waals surface area contributed by atoms with E-state index >= 15 is 0 Å². The lowest BCUT2D eigenvalue weighted by molar-refractivity contribution is 0.0523. The van der Waals surface area contributed by atoms with Crippen molar-refractivity contribution in [2.24, 2.45) is 0 Å². The molecule has 2 aromatic carbocycles. The number of hydrogen-bond acceptors (Lipinski definition) is 4. The number of benzene rings is 2. The number of ether oxygens (including phenoxy) is 1. The maximum absolute atomic E-state index is 11.6. The summed E-state index contributed by atoms with van der Waals surface area (Å²) in [5, 5.41) is 20.9. The van der Waals surface area contributed by atoms with Crippen LogP contribution in [0.25, 0.3) is 10.8 Å².